The molecule has 49 heavy (non-hydrogen) atoms. The van der Waals surface area contributed by atoms with Gasteiger partial charge in [0.1, 0.15) is 0 Å². The molecule has 11 nitrogen and oxygen atoms in total. The zero-order valence-electron chi connectivity index (χ0n) is 27.0. The Morgan fingerprint density at radius 3 is 2.49 bits per heavy atom. The molecule has 0 fully saturated rings. The number of fused-ring (bicyclic) bond motifs is 1. The molecule has 0 unspecified atom stereocenters. The fourth-order valence-electron chi connectivity index (χ4n) is 5.53. The Balaban J connectivity index is 1.53. The maximum absolute atomic E-state index is 14.3. The number of rotatable bonds is 9. The zero-order valence-corrected chi connectivity index (χ0v) is 28.6. The normalized spacial score (nSPS) is 14.5. The van der Waals surface area contributed by atoms with Crippen LogP contribution in [0.1, 0.15) is 60.7 Å². The molecule has 1 atom stereocenters. The summed E-state index contributed by atoms with van der Waals surface area (Å²) in [6.07, 6.45) is 1.58. The number of nitro benzene ring substituents is 1. The fraction of sp³-hybridized carbons (Fsp3) is 0.194. The lowest BCUT2D eigenvalue weighted by atomic mass is 9.91. The quantitative estimate of drug-likeness (QED) is 0.0920. The second-order valence-electron chi connectivity index (χ2n) is 11.5. The highest BCUT2D eigenvalue weighted by molar-refractivity contribution is 7.99. The Labute approximate surface area is 288 Å². The lowest BCUT2D eigenvalue weighted by molar-refractivity contribution is -0.387. The number of ether oxygens (including phenoxy) is 1. The molecule has 1 aliphatic heterocycles. The number of thiazole rings is 1. The van der Waals surface area contributed by atoms with Crippen LogP contribution >= 0.6 is 23.1 Å². The van der Waals surface area contributed by atoms with Crippen molar-refractivity contribution in [1.29, 1.82) is 0 Å². The van der Waals surface area contributed by atoms with Crippen LogP contribution in [0.3, 0.4) is 0 Å². The van der Waals surface area contributed by atoms with Crippen LogP contribution in [-0.4, -0.2) is 32.0 Å². The SMILES string of the molecule is CCOC(=O)C1=C(c2ccccc2)N=c2s/c(=C/c3ccc(Sc4nc(C)cc(=O)[nH]4)c([N+](=O)[O-])c3)c(=O)n2[C@H]1c1ccc(C(C)C)cc1. The summed E-state index contributed by atoms with van der Waals surface area (Å²) in [5.41, 5.74) is 3.08. The van der Waals surface area contributed by atoms with Crippen LogP contribution in [-0.2, 0) is 9.53 Å². The summed E-state index contributed by atoms with van der Waals surface area (Å²) in [5.74, 6) is -0.300. The van der Waals surface area contributed by atoms with Crippen molar-refractivity contribution in [2.24, 2.45) is 4.99 Å². The van der Waals surface area contributed by atoms with Crippen LogP contribution in [0.5, 0.6) is 0 Å². The summed E-state index contributed by atoms with van der Waals surface area (Å²) in [6.45, 7) is 7.70. The van der Waals surface area contributed by atoms with Crippen molar-refractivity contribution in [3.8, 4) is 0 Å². The lowest BCUT2D eigenvalue weighted by Gasteiger charge is -2.26. The van der Waals surface area contributed by atoms with E-state index in [-0.39, 0.29) is 43.9 Å². The average Bonchev–Trinajstić information content (AvgIpc) is 3.38. The molecule has 1 aliphatic rings. The summed E-state index contributed by atoms with van der Waals surface area (Å²) < 4.78 is 7.32. The molecule has 248 valence electrons. The molecule has 13 heteroatoms. The number of aryl methyl sites for hydroxylation is 1. The first kappa shape index (κ1) is 33.5. The molecule has 2 aromatic heterocycles. The molecule has 0 saturated carbocycles. The summed E-state index contributed by atoms with van der Waals surface area (Å²) in [6, 6.07) is 22.2. The Morgan fingerprint density at radius 2 is 1.84 bits per heavy atom. The number of hydrogen-bond acceptors (Lipinski definition) is 10. The van der Waals surface area contributed by atoms with E-state index < -0.39 is 22.5 Å². The summed E-state index contributed by atoms with van der Waals surface area (Å²) in [5, 5.41) is 12.3. The largest absolute Gasteiger partial charge is 0.463 e. The van der Waals surface area contributed by atoms with Crippen molar-refractivity contribution in [3.05, 3.63) is 153 Å². The highest BCUT2D eigenvalue weighted by atomic mass is 32.2. The zero-order chi connectivity index (χ0) is 34.8. The van der Waals surface area contributed by atoms with Gasteiger partial charge in [0, 0.05) is 23.4 Å². The number of nitro groups is 1. The van der Waals surface area contributed by atoms with Crippen molar-refractivity contribution >= 4 is 46.5 Å². The highest BCUT2D eigenvalue weighted by Crippen LogP contribution is 2.36. The molecule has 0 bridgehead atoms. The second kappa shape index (κ2) is 14.0. The molecule has 0 spiro atoms. The van der Waals surface area contributed by atoms with Crippen LogP contribution in [0, 0.1) is 17.0 Å². The van der Waals surface area contributed by atoms with E-state index in [9.17, 15) is 24.5 Å². The van der Waals surface area contributed by atoms with Gasteiger partial charge in [-0.05, 0) is 60.4 Å². The van der Waals surface area contributed by atoms with Crippen molar-refractivity contribution in [2.45, 2.75) is 49.7 Å². The van der Waals surface area contributed by atoms with Gasteiger partial charge in [-0.25, -0.2) is 14.8 Å². The molecule has 3 heterocycles. The molecule has 5 aromatic rings. The predicted molar refractivity (Wildman–Crippen MR) is 188 cm³/mol. The number of aromatic amines is 1. The molecule has 0 amide bonds. The van der Waals surface area contributed by atoms with Gasteiger partial charge in [0.2, 0.25) is 0 Å². The minimum atomic E-state index is -0.842. The highest BCUT2D eigenvalue weighted by Gasteiger charge is 2.35. The monoisotopic (exact) mass is 693 g/mol. The van der Waals surface area contributed by atoms with Gasteiger partial charge in [0.15, 0.2) is 9.96 Å². The van der Waals surface area contributed by atoms with Crippen molar-refractivity contribution in [3.63, 3.8) is 0 Å². The number of carbonyl (C=O) groups is 1. The number of H-pyrrole nitrogens is 1. The third kappa shape index (κ3) is 6.94. The predicted octanol–water partition coefficient (Wildman–Crippen LogP) is 5.51. The van der Waals surface area contributed by atoms with E-state index in [1.165, 1.54) is 16.7 Å². The van der Waals surface area contributed by atoms with E-state index in [1.54, 1.807) is 32.1 Å². The first-order chi connectivity index (χ1) is 23.5. The summed E-state index contributed by atoms with van der Waals surface area (Å²) in [7, 11) is 0. The first-order valence-electron chi connectivity index (χ1n) is 15.5. The van der Waals surface area contributed by atoms with E-state index in [0.29, 0.717) is 32.9 Å². The molecule has 3 aromatic carbocycles. The van der Waals surface area contributed by atoms with Crippen molar-refractivity contribution in [2.75, 3.05) is 6.61 Å². The standard InChI is InChI=1S/C36H31N5O6S2/c1-5-47-34(44)30-31(24-9-7-6-8-10-24)39-36-40(32(30)25-14-12-23(13-15-25)20(2)3)33(43)28(49-36)19-22-11-16-27(26(18-22)41(45)46)48-35-37-21(4)17-29(42)38-35/h6-20,32H,5H2,1-4H3,(H,37,38,42)/b28-19+/t32-/m0/s1. The van der Waals surface area contributed by atoms with Crippen LogP contribution in [0.2, 0.25) is 0 Å². The number of carbonyl (C=O) groups excluding carboxylic acids is 1. The third-order valence-corrected chi connectivity index (χ3v) is 9.76. The summed E-state index contributed by atoms with van der Waals surface area (Å²) in [4.78, 5) is 63.9. The van der Waals surface area contributed by atoms with Gasteiger partial charge in [-0.2, -0.15) is 0 Å². The van der Waals surface area contributed by atoms with E-state index in [1.807, 2.05) is 54.6 Å². The lowest BCUT2D eigenvalue weighted by Crippen LogP contribution is -2.40. The molecule has 1 N–H and O–H groups in total. The number of nitrogens with one attached hydrogen (secondary N) is 1. The Kier molecular flexibility index (Phi) is 9.56. The van der Waals surface area contributed by atoms with Gasteiger partial charge in [0.25, 0.3) is 16.8 Å². The maximum atomic E-state index is 14.3. The van der Waals surface area contributed by atoms with E-state index >= 15 is 0 Å². The molecule has 0 aliphatic carbocycles. The molecule has 0 saturated heterocycles. The topological polar surface area (TPSA) is 150 Å². The van der Waals surface area contributed by atoms with Crippen molar-refractivity contribution < 1.29 is 14.5 Å². The van der Waals surface area contributed by atoms with E-state index in [4.69, 9.17) is 9.73 Å². The van der Waals surface area contributed by atoms with Gasteiger partial charge in [0.05, 0.1) is 38.3 Å². The Bertz CT molecular complexity index is 2360. The van der Waals surface area contributed by atoms with Gasteiger partial charge < -0.3 is 9.72 Å². The second-order valence-corrected chi connectivity index (χ2v) is 13.6. The van der Waals surface area contributed by atoms with Gasteiger partial charge in [-0.3, -0.25) is 24.3 Å². The average molecular weight is 694 g/mol. The molecular formula is C36H31N5O6S2. The Hall–Kier alpha value is -5.40. The minimum absolute atomic E-state index is 0.136. The van der Waals surface area contributed by atoms with E-state index in [2.05, 4.69) is 23.8 Å². The number of aromatic nitrogens is 3. The van der Waals surface area contributed by atoms with E-state index in [0.717, 1.165) is 28.7 Å². The summed E-state index contributed by atoms with van der Waals surface area (Å²) >= 11 is 2.10. The van der Waals surface area contributed by atoms with Gasteiger partial charge in [-0.15, -0.1) is 0 Å². The van der Waals surface area contributed by atoms with Crippen LogP contribution < -0.4 is 20.5 Å². The molecule has 0 radical (unpaired) electrons. The van der Waals surface area contributed by atoms with Crippen molar-refractivity contribution in [1.82, 2.24) is 14.5 Å². The van der Waals surface area contributed by atoms with Crippen LogP contribution in [0.15, 0.2) is 109 Å². The molecular weight excluding hydrogens is 663 g/mol. The number of hydrogen-bond donors (Lipinski definition) is 1. The molecule has 6 rings (SSSR count). The number of esters is 1. The van der Waals surface area contributed by atoms with Gasteiger partial charge >= 0.3 is 5.97 Å². The fourth-order valence-corrected chi connectivity index (χ4v) is 7.45. The van der Waals surface area contributed by atoms with Crippen LogP contribution in [0.25, 0.3) is 11.8 Å². The minimum Gasteiger partial charge on any atom is -0.463 e. The first-order valence-corrected chi connectivity index (χ1v) is 17.1. The number of nitrogens with zero attached hydrogens (tertiary/aromatic N) is 4. The van der Waals surface area contributed by atoms with Gasteiger partial charge in [-0.1, -0.05) is 85.8 Å². The Morgan fingerprint density at radius 1 is 1.10 bits per heavy atom. The smallest absolute Gasteiger partial charge is 0.338 e. The maximum Gasteiger partial charge on any atom is 0.338 e. The number of benzene rings is 3. The van der Waals surface area contributed by atoms with Crippen LogP contribution in [0.4, 0.5) is 5.69 Å². The third-order valence-electron chi connectivity index (χ3n) is 7.82.